The van der Waals surface area contributed by atoms with E-state index in [9.17, 15) is 0 Å². The van der Waals surface area contributed by atoms with Crippen LogP contribution in [0.4, 0.5) is 0 Å². The molecule has 264 valence electrons. The molecule has 0 amide bonds. The van der Waals surface area contributed by atoms with E-state index in [1.54, 1.807) is 8.79 Å². The Hall–Kier alpha value is -2.89. The number of methoxy groups -OCH3 is 1. The molecule has 1 saturated carbocycles. The van der Waals surface area contributed by atoms with Gasteiger partial charge in [-0.2, -0.15) is 0 Å². The van der Waals surface area contributed by atoms with Crippen LogP contribution in [0, 0.1) is 89.0 Å². The van der Waals surface area contributed by atoms with Gasteiger partial charge in [0.05, 0.1) is 0 Å². The quantitative estimate of drug-likeness (QED) is 0.133. The Morgan fingerprint density at radius 2 is 0.804 bits per heavy atom. The molecule has 0 heterocycles. The van der Waals surface area contributed by atoms with E-state index in [0.29, 0.717) is 5.92 Å². The van der Waals surface area contributed by atoms with Crippen molar-refractivity contribution >= 4 is 46.6 Å². The zero-order chi connectivity index (χ0) is 36.9. The van der Waals surface area contributed by atoms with E-state index in [4.69, 9.17) is 8.50 Å². The number of hydrogen-bond donors (Lipinski definition) is 0. The Morgan fingerprint density at radius 1 is 0.471 bits per heavy atom. The Bertz CT molecular complexity index is 1870. The predicted octanol–water partition coefficient (Wildman–Crippen LogP) is 8.16. The van der Waals surface area contributed by atoms with Gasteiger partial charge in [0.1, 0.15) is 0 Å². The van der Waals surface area contributed by atoms with Crippen LogP contribution in [0.1, 0.15) is 78.2 Å². The summed E-state index contributed by atoms with van der Waals surface area (Å²) in [4.78, 5) is 0.0515. The molecule has 1 fully saturated rings. The fourth-order valence-corrected chi connectivity index (χ4v) is 25.3. The van der Waals surface area contributed by atoms with Gasteiger partial charge in [-0.3, -0.25) is 0 Å². The van der Waals surface area contributed by atoms with E-state index in [1.165, 1.54) is 81.1 Å². The van der Waals surface area contributed by atoms with Crippen LogP contribution in [0.25, 0.3) is 0 Å². The van der Waals surface area contributed by atoms with Crippen molar-refractivity contribution in [1.29, 1.82) is 0 Å². The van der Waals surface area contributed by atoms with Crippen molar-refractivity contribution in [3.63, 3.8) is 0 Å². The predicted molar refractivity (Wildman–Crippen MR) is 221 cm³/mol. The SMILES string of the molecule is CO[C@H]1[C@@H](c2ccccc2)[C@@H]1[C@@H]([O][Ge]([c]1c(C)cc(C)cc1C)[c]1c(C)cc(C)cc1C)[Ge]([c]1c(C)cc(C)cc1C)[c]1c(C)cc(C)cc1C. The topological polar surface area (TPSA) is 18.5 Å². The molecule has 2 radical (unpaired) electrons. The molecule has 0 spiro atoms. The van der Waals surface area contributed by atoms with E-state index >= 15 is 0 Å². The maximum atomic E-state index is 8.35. The number of benzene rings is 5. The molecule has 6 rings (SSSR count). The van der Waals surface area contributed by atoms with Crippen LogP contribution < -0.4 is 17.6 Å². The van der Waals surface area contributed by atoms with Gasteiger partial charge >= 0.3 is 319 Å². The minimum absolute atomic E-state index is 0.0515. The molecule has 1 aliphatic carbocycles. The summed E-state index contributed by atoms with van der Waals surface area (Å²) in [7, 11) is 1.92. The number of rotatable bonds is 10. The van der Waals surface area contributed by atoms with Crippen LogP contribution in [-0.4, -0.2) is 47.2 Å². The van der Waals surface area contributed by atoms with Crippen LogP contribution >= 0.6 is 0 Å². The van der Waals surface area contributed by atoms with E-state index in [-0.39, 0.29) is 17.0 Å². The molecule has 0 aromatic heterocycles. The zero-order valence-electron chi connectivity index (χ0n) is 33.1. The second kappa shape index (κ2) is 15.2. The summed E-state index contributed by atoms with van der Waals surface area (Å²) in [5, 5.41) is 0. The van der Waals surface area contributed by atoms with Crippen molar-refractivity contribution in [2.24, 2.45) is 5.92 Å². The molecule has 1 aliphatic rings. The van der Waals surface area contributed by atoms with Gasteiger partial charge in [0.2, 0.25) is 0 Å². The third-order valence-electron chi connectivity index (χ3n) is 11.0. The first-order valence-corrected chi connectivity index (χ1v) is 24.8. The summed E-state index contributed by atoms with van der Waals surface area (Å²) >= 11 is -5.25. The van der Waals surface area contributed by atoms with Crippen molar-refractivity contribution in [3.05, 3.63) is 151 Å². The third kappa shape index (κ3) is 7.49. The molecular formula is C47H56Ge2O2. The van der Waals surface area contributed by atoms with Crippen LogP contribution in [-0.2, 0) is 8.50 Å². The number of ether oxygens (including phenoxy) is 1. The van der Waals surface area contributed by atoms with E-state index in [2.05, 4.69) is 162 Å². The summed E-state index contributed by atoms with van der Waals surface area (Å²) in [6.45, 7) is 27.6. The standard InChI is InChI=1S/C47H56Ge2O2/c1-27-19-31(5)42(32(6)20-27)48(43-33(7)21-28(2)22-34(43)8)47(41-40(46(41)50-13)39-17-15-14-16-18-39)51-49(44-35(9)23-29(3)24-36(44)10)45-37(11)25-30(4)26-38(45)12/h14-26,40-41,46-47H,1-13H3/t40-,41-,46-,47+/m0/s1. The Kier molecular flexibility index (Phi) is 11.3. The van der Waals surface area contributed by atoms with Crippen molar-refractivity contribution < 1.29 is 8.50 Å². The Balaban J connectivity index is 1.69. The molecule has 0 saturated heterocycles. The summed E-state index contributed by atoms with van der Waals surface area (Å²) < 4.78 is 20.9. The third-order valence-corrected chi connectivity index (χ3v) is 26.1. The maximum absolute atomic E-state index is 8.35. The fraction of sp³-hybridized carbons (Fsp3) is 0.362. The average Bonchev–Trinajstić information content (AvgIpc) is 3.75. The van der Waals surface area contributed by atoms with Gasteiger partial charge in [-0.1, -0.05) is 0 Å². The second-order valence-electron chi connectivity index (χ2n) is 15.6. The van der Waals surface area contributed by atoms with Crippen LogP contribution in [0.3, 0.4) is 0 Å². The summed E-state index contributed by atoms with van der Waals surface area (Å²) in [5.41, 5.74) is 17.8. The van der Waals surface area contributed by atoms with Crippen molar-refractivity contribution in [2.45, 2.75) is 100 Å². The first-order chi connectivity index (χ1) is 24.2. The summed E-state index contributed by atoms with van der Waals surface area (Å²) in [6.07, 6.45) is 0.108. The average molecular weight is 798 g/mol. The molecule has 5 aromatic rings. The zero-order valence-corrected chi connectivity index (χ0v) is 37.3. The van der Waals surface area contributed by atoms with Crippen LogP contribution in [0.2, 0.25) is 0 Å². The van der Waals surface area contributed by atoms with Gasteiger partial charge in [0.15, 0.2) is 0 Å². The van der Waals surface area contributed by atoms with Gasteiger partial charge in [-0.15, -0.1) is 0 Å². The van der Waals surface area contributed by atoms with Crippen LogP contribution in [0.5, 0.6) is 0 Å². The first kappa shape index (κ1) is 37.8. The summed E-state index contributed by atoms with van der Waals surface area (Å²) in [6, 6.07) is 30.3. The van der Waals surface area contributed by atoms with Crippen molar-refractivity contribution in [1.82, 2.24) is 0 Å². The normalized spacial score (nSPS) is 17.7. The molecule has 4 atom stereocenters. The molecule has 0 aliphatic heterocycles. The molecule has 4 heteroatoms. The monoisotopic (exact) mass is 800 g/mol. The molecule has 2 nitrogen and oxygen atoms in total. The number of hydrogen-bond acceptors (Lipinski definition) is 2. The van der Waals surface area contributed by atoms with Crippen molar-refractivity contribution in [3.8, 4) is 0 Å². The fourth-order valence-electron chi connectivity index (χ4n) is 9.45. The Morgan fingerprint density at radius 3 is 1.14 bits per heavy atom. The van der Waals surface area contributed by atoms with Gasteiger partial charge in [-0.05, 0) is 0 Å². The van der Waals surface area contributed by atoms with Gasteiger partial charge < -0.3 is 0 Å². The Labute approximate surface area is 317 Å². The van der Waals surface area contributed by atoms with E-state index in [0.717, 1.165) is 0 Å². The molecule has 5 aromatic carbocycles. The summed E-state index contributed by atoms with van der Waals surface area (Å²) in [5.74, 6) is 0.549. The van der Waals surface area contributed by atoms with Gasteiger partial charge in [-0.25, -0.2) is 0 Å². The van der Waals surface area contributed by atoms with Crippen molar-refractivity contribution in [2.75, 3.05) is 7.11 Å². The first-order valence-electron chi connectivity index (χ1n) is 18.5. The van der Waals surface area contributed by atoms with Crippen LogP contribution in [0.15, 0.2) is 78.9 Å². The van der Waals surface area contributed by atoms with E-state index < -0.39 is 29.0 Å². The molecule has 0 unspecified atom stereocenters. The van der Waals surface area contributed by atoms with E-state index in [1.807, 2.05) is 7.11 Å². The van der Waals surface area contributed by atoms with Gasteiger partial charge in [0.25, 0.3) is 0 Å². The van der Waals surface area contributed by atoms with Gasteiger partial charge in [0, 0.05) is 0 Å². The second-order valence-corrected chi connectivity index (χ2v) is 24.6. The molecule has 0 bridgehead atoms. The molecule has 0 N–H and O–H groups in total. The minimum atomic E-state index is -2.70. The number of aryl methyl sites for hydroxylation is 12. The molecular weight excluding hydrogens is 742 g/mol. The molecule has 51 heavy (non-hydrogen) atoms.